The first-order valence-electron chi connectivity index (χ1n) is 5.16. The fourth-order valence-electron chi connectivity index (χ4n) is 1.66. The molecule has 0 fully saturated rings. The van der Waals surface area contributed by atoms with Crippen molar-refractivity contribution in [3.05, 3.63) is 34.9 Å². The van der Waals surface area contributed by atoms with Gasteiger partial charge < -0.3 is 5.73 Å². The summed E-state index contributed by atoms with van der Waals surface area (Å²) in [6.07, 6.45) is 2.17. The molecule has 0 amide bonds. The molecule has 78 valence electrons. The maximum atomic E-state index is 6.11. The third-order valence-electron chi connectivity index (χ3n) is 2.66. The van der Waals surface area contributed by atoms with E-state index < -0.39 is 0 Å². The van der Waals surface area contributed by atoms with Gasteiger partial charge in [-0.1, -0.05) is 50.1 Å². The summed E-state index contributed by atoms with van der Waals surface area (Å²) < 4.78 is 0. The van der Waals surface area contributed by atoms with Gasteiger partial charge >= 0.3 is 0 Å². The van der Waals surface area contributed by atoms with Gasteiger partial charge in [-0.2, -0.15) is 0 Å². The van der Waals surface area contributed by atoms with Crippen LogP contribution in [0.3, 0.4) is 0 Å². The van der Waals surface area contributed by atoms with E-state index in [0.717, 1.165) is 23.4 Å². The maximum Gasteiger partial charge on any atom is 0.0441 e. The Bertz CT molecular complexity index is 285. The molecule has 0 heterocycles. The summed E-state index contributed by atoms with van der Waals surface area (Å²) in [5.41, 5.74) is 7.23. The van der Waals surface area contributed by atoms with Crippen LogP contribution in [0.2, 0.25) is 5.02 Å². The lowest BCUT2D eigenvalue weighted by Crippen LogP contribution is -2.26. The van der Waals surface area contributed by atoms with Crippen LogP contribution in [0.15, 0.2) is 24.3 Å². The highest BCUT2D eigenvalue weighted by Gasteiger charge is 2.15. The highest BCUT2D eigenvalue weighted by molar-refractivity contribution is 6.31. The van der Waals surface area contributed by atoms with Crippen LogP contribution in [0, 0.1) is 0 Å². The second-order valence-corrected chi connectivity index (χ2v) is 4.17. The fourth-order valence-corrected chi connectivity index (χ4v) is 1.97. The Balaban J connectivity index is 2.78. The van der Waals surface area contributed by atoms with Crippen molar-refractivity contribution < 1.29 is 0 Å². The van der Waals surface area contributed by atoms with Gasteiger partial charge in [0.2, 0.25) is 0 Å². The van der Waals surface area contributed by atoms with Gasteiger partial charge in [0.25, 0.3) is 0 Å². The van der Waals surface area contributed by atoms with E-state index >= 15 is 0 Å². The molecule has 0 aliphatic carbocycles. The number of halogens is 1. The van der Waals surface area contributed by atoms with E-state index in [-0.39, 0.29) is 6.04 Å². The second-order valence-electron chi connectivity index (χ2n) is 3.76. The first kappa shape index (κ1) is 11.5. The van der Waals surface area contributed by atoms with Gasteiger partial charge in [-0.15, -0.1) is 0 Å². The minimum atomic E-state index is 0.208. The van der Waals surface area contributed by atoms with Crippen molar-refractivity contribution in [2.45, 2.75) is 38.6 Å². The molecule has 1 nitrogen and oxygen atoms in total. The molecular weight excluding hydrogens is 194 g/mol. The molecule has 0 aliphatic rings. The zero-order valence-corrected chi connectivity index (χ0v) is 9.59. The zero-order chi connectivity index (χ0) is 10.6. The Morgan fingerprint density at radius 3 is 2.57 bits per heavy atom. The molecule has 0 saturated carbocycles. The van der Waals surface area contributed by atoms with Gasteiger partial charge in [0.1, 0.15) is 0 Å². The van der Waals surface area contributed by atoms with Crippen LogP contribution in [0.5, 0.6) is 0 Å². The van der Waals surface area contributed by atoms with Crippen molar-refractivity contribution >= 4 is 11.6 Å². The summed E-state index contributed by atoms with van der Waals surface area (Å²) in [6, 6.07) is 8.15. The Labute approximate surface area is 91.3 Å². The summed E-state index contributed by atoms with van der Waals surface area (Å²) in [7, 11) is 0. The van der Waals surface area contributed by atoms with Crippen LogP contribution >= 0.6 is 11.6 Å². The minimum absolute atomic E-state index is 0.208. The molecule has 0 radical (unpaired) electrons. The molecule has 0 saturated heterocycles. The van der Waals surface area contributed by atoms with Crippen molar-refractivity contribution in [3.63, 3.8) is 0 Å². The highest BCUT2D eigenvalue weighted by atomic mass is 35.5. The molecule has 0 bridgehead atoms. The summed E-state index contributed by atoms with van der Waals surface area (Å²) in [5.74, 6) is 0.337. The molecule has 2 unspecified atom stereocenters. The van der Waals surface area contributed by atoms with Gasteiger partial charge in [0.15, 0.2) is 0 Å². The summed E-state index contributed by atoms with van der Waals surface area (Å²) in [4.78, 5) is 0. The Morgan fingerprint density at radius 2 is 2.00 bits per heavy atom. The van der Waals surface area contributed by atoms with Crippen LogP contribution in [-0.4, -0.2) is 6.04 Å². The monoisotopic (exact) mass is 211 g/mol. The van der Waals surface area contributed by atoms with Gasteiger partial charge in [0, 0.05) is 11.1 Å². The van der Waals surface area contributed by atoms with Gasteiger partial charge in [-0.05, 0) is 24.0 Å². The average molecular weight is 212 g/mol. The smallest absolute Gasteiger partial charge is 0.0441 e. The van der Waals surface area contributed by atoms with E-state index in [9.17, 15) is 0 Å². The number of hydrogen-bond donors (Lipinski definition) is 1. The number of rotatable bonds is 4. The van der Waals surface area contributed by atoms with Crippen LogP contribution in [-0.2, 0) is 0 Å². The van der Waals surface area contributed by atoms with E-state index in [1.165, 1.54) is 0 Å². The third-order valence-corrected chi connectivity index (χ3v) is 3.00. The highest BCUT2D eigenvalue weighted by Crippen LogP contribution is 2.27. The largest absolute Gasteiger partial charge is 0.327 e. The van der Waals surface area contributed by atoms with E-state index in [0.29, 0.717) is 5.92 Å². The van der Waals surface area contributed by atoms with Gasteiger partial charge in [0.05, 0.1) is 0 Å². The molecule has 0 aromatic heterocycles. The Hall–Kier alpha value is -0.530. The van der Waals surface area contributed by atoms with Crippen LogP contribution in [0.1, 0.15) is 38.2 Å². The van der Waals surface area contributed by atoms with Crippen LogP contribution < -0.4 is 5.73 Å². The van der Waals surface area contributed by atoms with Crippen molar-refractivity contribution in [2.75, 3.05) is 0 Å². The zero-order valence-electron chi connectivity index (χ0n) is 8.83. The molecule has 1 rings (SSSR count). The van der Waals surface area contributed by atoms with E-state index in [2.05, 4.69) is 19.9 Å². The predicted molar refractivity (Wildman–Crippen MR) is 62.8 cm³/mol. The predicted octanol–water partition coefficient (Wildman–Crippen LogP) is 3.57. The Kier molecular flexibility index (Phi) is 4.43. The molecule has 2 atom stereocenters. The Morgan fingerprint density at radius 1 is 1.36 bits per heavy atom. The van der Waals surface area contributed by atoms with Gasteiger partial charge in [-0.25, -0.2) is 0 Å². The van der Waals surface area contributed by atoms with Crippen molar-refractivity contribution in [2.24, 2.45) is 5.73 Å². The summed E-state index contributed by atoms with van der Waals surface area (Å²) >= 11 is 6.11. The quantitative estimate of drug-likeness (QED) is 0.810. The average Bonchev–Trinajstić information content (AvgIpc) is 2.18. The summed E-state index contributed by atoms with van der Waals surface area (Å²) in [5, 5.41) is 0.826. The van der Waals surface area contributed by atoms with Crippen LogP contribution in [0.4, 0.5) is 0 Å². The third kappa shape index (κ3) is 2.73. The lowest BCUT2D eigenvalue weighted by molar-refractivity contribution is 0.522. The van der Waals surface area contributed by atoms with Crippen LogP contribution in [0.25, 0.3) is 0 Å². The fraction of sp³-hybridized carbons (Fsp3) is 0.500. The lowest BCUT2D eigenvalue weighted by atomic mass is 9.91. The number of hydrogen-bond acceptors (Lipinski definition) is 1. The first-order valence-corrected chi connectivity index (χ1v) is 5.54. The summed E-state index contributed by atoms with van der Waals surface area (Å²) in [6.45, 7) is 4.29. The molecule has 1 aromatic rings. The van der Waals surface area contributed by atoms with Crippen molar-refractivity contribution in [3.8, 4) is 0 Å². The molecule has 2 heteroatoms. The molecular formula is C12H18ClN. The lowest BCUT2D eigenvalue weighted by Gasteiger charge is -2.20. The topological polar surface area (TPSA) is 26.0 Å². The number of nitrogens with two attached hydrogens (primary N) is 1. The molecule has 2 N–H and O–H groups in total. The second kappa shape index (κ2) is 5.38. The van der Waals surface area contributed by atoms with E-state index in [1.807, 2.05) is 18.2 Å². The van der Waals surface area contributed by atoms with Gasteiger partial charge in [-0.3, -0.25) is 0 Å². The maximum absolute atomic E-state index is 6.11. The van der Waals surface area contributed by atoms with Crippen molar-refractivity contribution in [1.82, 2.24) is 0 Å². The number of benzene rings is 1. The van der Waals surface area contributed by atoms with Crippen molar-refractivity contribution in [1.29, 1.82) is 0 Å². The van der Waals surface area contributed by atoms with E-state index in [1.54, 1.807) is 0 Å². The molecule has 0 spiro atoms. The molecule has 1 aromatic carbocycles. The SMILES string of the molecule is CCCC(N)C(C)c1ccccc1Cl. The van der Waals surface area contributed by atoms with E-state index in [4.69, 9.17) is 17.3 Å². The molecule has 14 heavy (non-hydrogen) atoms. The normalized spacial score (nSPS) is 15.1. The molecule has 0 aliphatic heterocycles. The standard InChI is InChI=1S/C12H18ClN/c1-3-6-12(14)9(2)10-7-4-5-8-11(10)13/h4-5,7-9,12H,3,6,14H2,1-2H3. The minimum Gasteiger partial charge on any atom is -0.327 e. The first-order chi connectivity index (χ1) is 6.66.